The number of hydrogen-bond donors (Lipinski definition) is 0. The van der Waals surface area contributed by atoms with Crippen LogP contribution in [0.15, 0.2) is 61.3 Å². The lowest BCUT2D eigenvalue weighted by atomic mass is 9.98. The van der Waals surface area contributed by atoms with Gasteiger partial charge in [0.1, 0.15) is 12.0 Å². The van der Waals surface area contributed by atoms with Crippen molar-refractivity contribution in [3.8, 4) is 16.9 Å². The first-order valence-electron chi connectivity index (χ1n) is 12.6. The zero-order valence-corrected chi connectivity index (χ0v) is 21.7. The Labute approximate surface area is 224 Å². The van der Waals surface area contributed by atoms with E-state index >= 15 is 0 Å². The van der Waals surface area contributed by atoms with Crippen molar-refractivity contribution in [2.75, 3.05) is 38.1 Å². The van der Waals surface area contributed by atoms with Gasteiger partial charge in [0.25, 0.3) is 0 Å². The van der Waals surface area contributed by atoms with Crippen molar-refractivity contribution in [2.45, 2.75) is 25.9 Å². The molecule has 4 aromatic rings. The molecular weight excluding hydrogens is 507 g/mol. The van der Waals surface area contributed by atoms with Crippen molar-refractivity contribution in [1.29, 1.82) is 0 Å². The third-order valence-electron chi connectivity index (χ3n) is 6.89. The van der Waals surface area contributed by atoms with Crippen LogP contribution in [-0.2, 0) is 12.6 Å². The van der Waals surface area contributed by atoms with Gasteiger partial charge in [0.05, 0.1) is 17.4 Å². The molecule has 2 aromatic heterocycles. The molecule has 5 rings (SSSR count). The molecular formula is C28H28F3N7O. The van der Waals surface area contributed by atoms with Gasteiger partial charge in [-0.1, -0.05) is 17.3 Å². The number of carbonyl (C=O) groups is 1. The summed E-state index contributed by atoms with van der Waals surface area (Å²) in [6.07, 6.45) is 2.67. The van der Waals surface area contributed by atoms with Crippen LogP contribution in [0.5, 0.6) is 0 Å². The van der Waals surface area contributed by atoms with Crippen LogP contribution in [0.25, 0.3) is 16.9 Å². The second-order valence-electron chi connectivity index (χ2n) is 9.81. The van der Waals surface area contributed by atoms with Gasteiger partial charge in [-0.25, -0.2) is 14.6 Å². The highest BCUT2D eigenvalue weighted by atomic mass is 19.4. The maximum Gasteiger partial charge on any atom is 0.416 e. The van der Waals surface area contributed by atoms with E-state index in [1.165, 1.54) is 6.33 Å². The number of anilines is 1. The summed E-state index contributed by atoms with van der Waals surface area (Å²) in [6, 6.07) is 9.16. The fraction of sp³-hybridized carbons (Fsp3) is 0.321. The predicted molar refractivity (Wildman–Crippen MR) is 141 cm³/mol. The number of aryl methyl sites for hydroxylation is 1. The van der Waals surface area contributed by atoms with Gasteiger partial charge in [0, 0.05) is 55.3 Å². The summed E-state index contributed by atoms with van der Waals surface area (Å²) in [7, 11) is 2.00. The molecule has 0 bridgehead atoms. The van der Waals surface area contributed by atoms with Crippen LogP contribution in [0.2, 0.25) is 0 Å². The lowest BCUT2D eigenvalue weighted by Gasteiger charge is -2.24. The molecule has 1 aliphatic rings. The zero-order valence-electron chi connectivity index (χ0n) is 21.7. The van der Waals surface area contributed by atoms with Crippen molar-refractivity contribution in [2.24, 2.45) is 0 Å². The molecule has 0 radical (unpaired) electrons. The third kappa shape index (κ3) is 6.14. The lowest BCUT2D eigenvalue weighted by Crippen LogP contribution is -2.29. The number of carbonyl (C=O) groups excluding carboxylic acids is 1. The maximum absolute atomic E-state index is 13.8. The number of rotatable bonds is 6. The molecule has 0 atom stereocenters. The molecule has 3 heterocycles. The van der Waals surface area contributed by atoms with Crippen LogP contribution in [0.1, 0.15) is 33.5 Å². The number of ketones is 1. The van der Waals surface area contributed by atoms with E-state index in [0.29, 0.717) is 41.3 Å². The minimum atomic E-state index is -4.56. The molecule has 0 spiro atoms. The van der Waals surface area contributed by atoms with Gasteiger partial charge < -0.3 is 9.80 Å². The molecule has 0 aliphatic carbocycles. The van der Waals surface area contributed by atoms with E-state index in [9.17, 15) is 18.0 Å². The van der Waals surface area contributed by atoms with E-state index in [0.717, 1.165) is 37.2 Å². The average molecular weight is 536 g/mol. The van der Waals surface area contributed by atoms with Gasteiger partial charge in [-0.3, -0.25) is 4.79 Å². The monoisotopic (exact) mass is 535 g/mol. The van der Waals surface area contributed by atoms with E-state index < -0.39 is 11.7 Å². The van der Waals surface area contributed by atoms with Gasteiger partial charge in [0.15, 0.2) is 5.78 Å². The molecule has 39 heavy (non-hydrogen) atoms. The molecule has 1 saturated heterocycles. The number of alkyl halides is 3. The van der Waals surface area contributed by atoms with Crippen molar-refractivity contribution in [1.82, 2.24) is 29.9 Å². The molecule has 0 N–H and O–H groups in total. The molecule has 202 valence electrons. The predicted octanol–water partition coefficient (Wildman–Crippen LogP) is 4.62. The van der Waals surface area contributed by atoms with E-state index in [1.54, 1.807) is 35.4 Å². The molecule has 2 aromatic carbocycles. The first-order valence-corrected chi connectivity index (χ1v) is 12.6. The summed E-state index contributed by atoms with van der Waals surface area (Å²) >= 11 is 0. The topological polar surface area (TPSA) is 80.0 Å². The fourth-order valence-corrected chi connectivity index (χ4v) is 4.67. The number of hydrogen-bond acceptors (Lipinski definition) is 7. The summed E-state index contributed by atoms with van der Waals surface area (Å²) in [4.78, 5) is 25.4. The standard InChI is InChI=1S/C28H28F3N7O/c1-19-4-5-20(10-26(19)38-17-25(34-35-38)22-15-32-18-33-16-22)11-27(39)21-12-23(28(29,30)31)14-24(13-21)37-7-3-6-36(2)8-9-37/h4-5,10,12-18H,3,6-9,11H2,1-2H3. The van der Waals surface area contributed by atoms with Crippen LogP contribution >= 0.6 is 0 Å². The number of aromatic nitrogens is 5. The van der Waals surface area contributed by atoms with Gasteiger partial charge >= 0.3 is 6.18 Å². The van der Waals surface area contributed by atoms with Gasteiger partial charge in [-0.05, 0) is 62.3 Å². The summed E-state index contributed by atoms with van der Waals surface area (Å²) in [5.74, 6) is -0.384. The van der Waals surface area contributed by atoms with Gasteiger partial charge in [-0.15, -0.1) is 5.10 Å². The van der Waals surface area contributed by atoms with E-state index in [-0.39, 0.29) is 17.8 Å². The van der Waals surface area contributed by atoms with Gasteiger partial charge in [0.2, 0.25) is 0 Å². The quantitative estimate of drug-likeness (QED) is 0.334. The maximum atomic E-state index is 13.8. The molecule has 0 unspecified atom stereocenters. The highest BCUT2D eigenvalue weighted by Gasteiger charge is 2.32. The van der Waals surface area contributed by atoms with E-state index in [2.05, 4.69) is 25.2 Å². The summed E-state index contributed by atoms with van der Waals surface area (Å²) in [6.45, 7) is 4.76. The van der Waals surface area contributed by atoms with E-state index in [1.807, 2.05) is 31.0 Å². The second kappa shape index (κ2) is 10.9. The van der Waals surface area contributed by atoms with Gasteiger partial charge in [-0.2, -0.15) is 13.2 Å². The third-order valence-corrected chi connectivity index (χ3v) is 6.89. The number of likely N-dealkylation sites (N-methyl/N-ethyl adjacent to an activating group) is 1. The molecule has 1 aliphatic heterocycles. The Morgan fingerprint density at radius 2 is 1.79 bits per heavy atom. The number of benzene rings is 2. The van der Waals surface area contributed by atoms with E-state index in [4.69, 9.17) is 0 Å². The van der Waals surface area contributed by atoms with Crippen molar-refractivity contribution >= 4 is 11.5 Å². The molecule has 8 nitrogen and oxygen atoms in total. The Hall–Kier alpha value is -4.12. The Morgan fingerprint density at radius 3 is 2.56 bits per heavy atom. The fourth-order valence-electron chi connectivity index (χ4n) is 4.67. The highest BCUT2D eigenvalue weighted by Crippen LogP contribution is 2.34. The Balaban J connectivity index is 1.42. The first-order chi connectivity index (χ1) is 18.7. The Bertz CT molecular complexity index is 1470. The first kappa shape index (κ1) is 26.5. The zero-order chi connectivity index (χ0) is 27.6. The Morgan fingerprint density at radius 1 is 1.00 bits per heavy atom. The molecule has 11 heteroatoms. The smallest absolute Gasteiger partial charge is 0.370 e. The Kier molecular flexibility index (Phi) is 7.42. The second-order valence-corrected chi connectivity index (χ2v) is 9.81. The SMILES string of the molecule is Cc1ccc(CC(=O)c2cc(N3CCCN(C)CC3)cc(C(F)(F)F)c2)cc1-n1cc(-c2cncnc2)nn1. The lowest BCUT2D eigenvalue weighted by molar-refractivity contribution is -0.137. The van der Waals surface area contributed by atoms with Crippen LogP contribution in [-0.4, -0.2) is 68.9 Å². The number of nitrogens with zero attached hydrogens (tertiary/aromatic N) is 7. The number of halogens is 3. The molecule has 0 saturated carbocycles. The highest BCUT2D eigenvalue weighted by molar-refractivity contribution is 5.98. The van der Waals surface area contributed by atoms with Crippen LogP contribution < -0.4 is 4.90 Å². The van der Waals surface area contributed by atoms with Crippen LogP contribution in [0.3, 0.4) is 0 Å². The number of Topliss-reactive ketones (excluding diaryl/α,β-unsaturated/α-hetero) is 1. The van der Waals surface area contributed by atoms with Crippen LogP contribution in [0.4, 0.5) is 18.9 Å². The largest absolute Gasteiger partial charge is 0.416 e. The molecule has 0 amide bonds. The summed E-state index contributed by atoms with van der Waals surface area (Å²) in [5.41, 5.74) is 3.24. The summed E-state index contributed by atoms with van der Waals surface area (Å²) in [5, 5.41) is 8.40. The summed E-state index contributed by atoms with van der Waals surface area (Å²) < 4.78 is 43.0. The minimum absolute atomic E-state index is 0.0478. The molecule has 1 fully saturated rings. The average Bonchev–Trinajstić information content (AvgIpc) is 3.31. The minimum Gasteiger partial charge on any atom is -0.370 e. The van der Waals surface area contributed by atoms with Crippen molar-refractivity contribution in [3.05, 3.63) is 83.6 Å². The van der Waals surface area contributed by atoms with Crippen molar-refractivity contribution < 1.29 is 18.0 Å². The van der Waals surface area contributed by atoms with Crippen molar-refractivity contribution in [3.63, 3.8) is 0 Å². The normalized spacial score (nSPS) is 14.8. The van der Waals surface area contributed by atoms with Crippen LogP contribution in [0, 0.1) is 6.92 Å².